The maximum atomic E-state index is 11.6. The zero-order chi connectivity index (χ0) is 11.7. The van der Waals surface area contributed by atoms with Gasteiger partial charge in [0, 0.05) is 12.2 Å². The van der Waals surface area contributed by atoms with Gasteiger partial charge in [-0.15, -0.1) is 0 Å². The van der Waals surface area contributed by atoms with Crippen LogP contribution in [0.4, 0.5) is 11.5 Å². The van der Waals surface area contributed by atoms with Gasteiger partial charge < -0.3 is 16.4 Å². The van der Waals surface area contributed by atoms with Crippen LogP contribution in [0.3, 0.4) is 0 Å². The number of pyridine rings is 1. The summed E-state index contributed by atoms with van der Waals surface area (Å²) < 4.78 is 0. The van der Waals surface area contributed by atoms with E-state index in [4.69, 9.17) is 5.73 Å². The van der Waals surface area contributed by atoms with Crippen molar-refractivity contribution in [3.63, 3.8) is 0 Å². The van der Waals surface area contributed by atoms with Crippen LogP contribution in [-0.4, -0.2) is 23.5 Å². The van der Waals surface area contributed by atoms with E-state index in [1.54, 1.807) is 0 Å². The van der Waals surface area contributed by atoms with Crippen molar-refractivity contribution in [2.75, 3.05) is 17.2 Å². The first-order valence-corrected chi connectivity index (χ1v) is 5.42. The number of hydrogen-bond acceptors (Lipinski definition) is 4. The molecule has 0 fully saturated rings. The van der Waals surface area contributed by atoms with Crippen LogP contribution in [-0.2, 0) is 11.2 Å². The molecule has 0 saturated carbocycles. The molecule has 1 aromatic rings. The van der Waals surface area contributed by atoms with Crippen LogP contribution in [0.5, 0.6) is 0 Å². The van der Waals surface area contributed by atoms with Crippen LogP contribution in [0.2, 0.25) is 0 Å². The highest BCUT2D eigenvalue weighted by Crippen LogP contribution is 2.24. The molecule has 1 atom stereocenters. The van der Waals surface area contributed by atoms with Gasteiger partial charge in [0.25, 0.3) is 0 Å². The lowest BCUT2D eigenvalue weighted by atomic mass is 10.1. The third-order valence-electron chi connectivity index (χ3n) is 2.78. The first-order chi connectivity index (χ1) is 7.61. The fourth-order valence-corrected chi connectivity index (χ4v) is 1.76. The van der Waals surface area contributed by atoms with E-state index in [1.807, 2.05) is 13.0 Å². The zero-order valence-electron chi connectivity index (χ0n) is 9.50. The summed E-state index contributed by atoms with van der Waals surface area (Å²) in [5.74, 6) is 0.537. The number of rotatable bonds is 1. The Morgan fingerprint density at radius 2 is 2.38 bits per heavy atom. The molecule has 86 valence electrons. The minimum absolute atomic E-state index is 0.168. The van der Waals surface area contributed by atoms with Crippen molar-refractivity contribution in [2.45, 2.75) is 26.3 Å². The number of fused-ring (bicyclic) bond motifs is 1. The summed E-state index contributed by atoms with van der Waals surface area (Å²) >= 11 is 0. The third-order valence-corrected chi connectivity index (χ3v) is 2.78. The Bertz CT molecular complexity index is 430. The summed E-state index contributed by atoms with van der Waals surface area (Å²) in [7, 11) is 0. The monoisotopic (exact) mass is 220 g/mol. The van der Waals surface area contributed by atoms with E-state index in [-0.39, 0.29) is 5.91 Å². The number of carbonyl (C=O) groups excluding carboxylic acids is 1. The summed E-state index contributed by atoms with van der Waals surface area (Å²) in [6.45, 7) is 4.44. The van der Waals surface area contributed by atoms with Crippen LogP contribution in [0.25, 0.3) is 0 Å². The van der Waals surface area contributed by atoms with E-state index in [1.165, 1.54) is 0 Å². The van der Waals surface area contributed by atoms with Crippen LogP contribution in [0.1, 0.15) is 18.2 Å². The Morgan fingerprint density at radius 1 is 1.62 bits per heavy atom. The van der Waals surface area contributed by atoms with Crippen LogP contribution >= 0.6 is 0 Å². The van der Waals surface area contributed by atoms with E-state index in [0.29, 0.717) is 12.4 Å². The number of carbonyl (C=O) groups is 1. The predicted molar refractivity (Wildman–Crippen MR) is 63.4 cm³/mol. The minimum atomic E-state index is -0.528. The summed E-state index contributed by atoms with van der Waals surface area (Å²) in [6, 6.07) is 1.43. The van der Waals surface area contributed by atoms with Gasteiger partial charge in [-0.3, -0.25) is 4.79 Å². The van der Waals surface area contributed by atoms with Crippen molar-refractivity contribution in [1.82, 2.24) is 4.98 Å². The molecule has 0 aromatic carbocycles. The Hall–Kier alpha value is -1.62. The molecule has 0 aliphatic carbocycles. The largest absolute Gasteiger partial charge is 0.366 e. The highest BCUT2D eigenvalue weighted by Gasteiger charge is 2.21. The average molecular weight is 220 g/mol. The van der Waals surface area contributed by atoms with E-state index in [9.17, 15) is 4.79 Å². The molecular weight excluding hydrogens is 204 g/mol. The molecule has 4 N–H and O–H groups in total. The predicted octanol–water partition coefficient (Wildman–Crippen LogP) is 0.644. The van der Waals surface area contributed by atoms with Crippen molar-refractivity contribution in [1.29, 1.82) is 0 Å². The molecule has 0 saturated heterocycles. The average Bonchev–Trinajstić information content (AvgIpc) is 2.39. The molecule has 5 nitrogen and oxygen atoms in total. The van der Waals surface area contributed by atoms with Gasteiger partial charge in [-0.2, -0.15) is 0 Å². The van der Waals surface area contributed by atoms with Crippen molar-refractivity contribution in [3.8, 4) is 0 Å². The third kappa shape index (κ3) is 1.86. The van der Waals surface area contributed by atoms with Gasteiger partial charge in [0.15, 0.2) is 0 Å². The van der Waals surface area contributed by atoms with Gasteiger partial charge in [-0.25, -0.2) is 4.98 Å². The van der Waals surface area contributed by atoms with Crippen molar-refractivity contribution >= 4 is 17.4 Å². The van der Waals surface area contributed by atoms with Crippen LogP contribution < -0.4 is 16.4 Å². The Balaban J connectivity index is 2.42. The second-order valence-electron chi connectivity index (χ2n) is 3.96. The second kappa shape index (κ2) is 4.09. The Labute approximate surface area is 94.4 Å². The first-order valence-electron chi connectivity index (χ1n) is 5.42. The molecule has 1 aromatic heterocycles. The molecule has 0 spiro atoms. The van der Waals surface area contributed by atoms with Crippen molar-refractivity contribution < 1.29 is 4.79 Å². The zero-order valence-corrected chi connectivity index (χ0v) is 9.50. The number of hydrogen-bond donors (Lipinski definition) is 3. The lowest BCUT2D eigenvalue weighted by Crippen LogP contribution is -2.39. The van der Waals surface area contributed by atoms with Crippen LogP contribution in [0.15, 0.2) is 6.07 Å². The molecule has 0 radical (unpaired) electrons. The first kappa shape index (κ1) is 10.9. The molecule has 2 heterocycles. The van der Waals surface area contributed by atoms with E-state index < -0.39 is 6.04 Å². The molecule has 5 heteroatoms. The highest BCUT2D eigenvalue weighted by atomic mass is 16.2. The van der Waals surface area contributed by atoms with Gasteiger partial charge in [-0.1, -0.05) is 6.92 Å². The second-order valence-corrected chi connectivity index (χ2v) is 3.96. The van der Waals surface area contributed by atoms with Gasteiger partial charge >= 0.3 is 0 Å². The minimum Gasteiger partial charge on any atom is -0.366 e. The number of aryl methyl sites for hydroxylation is 2. The number of aromatic nitrogens is 1. The smallest absolute Gasteiger partial charge is 0.243 e. The number of nitrogens with one attached hydrogen (secondary N) is 2. The lowest BCUT2D eigenvalue weighted by Gasteiger charge is -2.10. The van der Waals surface area contributed by atoms with Gasteiger partial charge in [-0.05, 0) is 25.0 Å². The van der Waals surface area contributed by atoms with E-state index in [2.05, 4.69) is 22.5 Å². The van der Waals surface area contributed by atoms with Gasteiger partial charge in [0.05, 0.1) is 5.69 Å². The van der Waals surface area contributed by atoms with Gasteiger partial charge in [0.1, 0.15) is 11.9 Å². The Morgan fingerprint density at radius 3 is 3.06 bits per heavy atom. The normalized spacial score (nSPS) is 19.4. The molecule has 0 bridgehead atoms. The molecular formula is C11H16N4O. The Kier molecular flexibility index (Phi) is 2.78. The van der Waals surface area contributed by atoms with Crippen LogP contribution in [0, 0.1) is 6.92 Å². The number of nitrogens with zero attached hydrogens (tertiary/aromatic N) is 1. The molecule has 1 amide bonds. The number of amides is 1. The molecule has 0 unspecified atom stereocenters. The molecule has 2 rings (SSSR count). The summed E-state index contributed by atoms with van der Waals surface area (Å²) in [5, 5.41) is 5.86. The lowest BCUT2D eigenvalue weighted by molar-refractivity contribution is -0.117. The molecule has 1 aliphatic rings. The fourth-order valence-electron chi connectivity index (χ4n) is 1.76. The maximum absolute atomic E-state index is 11.6. The quantitative estimate of drug-likeness (QED) is 0.649. The maximum Gasteiger partial charge on any atom is 0.243 e. The van der Waals surface area contributed by atoms with E-state index in [0.717, 1.165) is 23.4 Å². The highest BCUT2D eigenvalue weighted by molar-refractivity contribution is 5.98. The molecule has 1 aliphatic heterocycles. The van der Waals surface area contributed by atoms with Crippen molar-refractivity contribution in [3.05, 3.63) is 17.3 Å². The topological polar surface area (TPSA) is 80.0 Å². The van der Waals surface area contributed by atoms with E-state index >= 15 is 0 Å². The SMILES string of the molecule is CCc1cc2c(nc1C)NC[C@H](N)C(=O)N2. The standard InChI is InChI=1S/C11H16N4O/c1-3-7-4-9-10(14-6(7)2)13-5-8(12)11(16)15-9/h4,8H,3,5,12H2,1-2H3,(H,13,14)(H,15,16)/t8-/m0/s1. The summed E-state index contributed by atoms with van der Waals surface area (Å²) in [4.78, 5) is 16.0. The summed E-state index contributed by atoms with van der Waals surface area (Å²) in [6.07, 6.45) is 0.897. The fraction of sp³-hybridized carbons (Fsp3) is 0.455. The number of anilines is 2. The van der Waals surface area contributed by atoms with Gasteiger partial charge in [0.2, 0.25) is 5.91 Å². The number of nitrogens with two attached hydrogens (primary N) is 1. The summed E-state index contributed by atoms with van der Waals surface area (Å²) in [5.41, 5.74) is 8.51. The van der Waals surface area contributed by atoms with Crippen molar-refractivity contribution in [2.24, 2.45) is 5.73 Å². The molecule has 16 heavy (non-hydrogen) atoms.